The third-order valence-electron chi connectivity index (χ3n) is 4.36. The predicted octanol–water partition coefficient (Wildman–Crippen LogP) is 6.82. The minimum atomic E-state index is 0.128. The Morgan fingerprint density at radius 1 is 1.10 bits per heavy atom. The predicted molar refractivity (Wildman–Crippen MR) is 96.7 cm³/mol. The van der Waals surface area contributed by atoms with Gasteiger partial charge in [-0.1, -0.05) is 90.8 Å². The van der Waals surface area contributed by atoms with Gasteiger partial charge in [-0.15, -0.1) is 0 Å². The van der Waals surface area contributed by atoms with Crippen LogP contribution in [0.5, 0.6) is 0 Å². The molecule has 2 heteroatoms. The van der Waals surface area contributed by atoms with Crippen LogP contribution in [0.1, 0.15) is 54.3 Å². The van der Waals surface area contributed by atoms with Crippen molar-refractivity contribution in [2.24, 2.45) is 0 Å². The van der Waals surface area contributed by atoms with E-state index >= 15 is 0 Å². The fourth-order valence-corrected chi connectivity index (χ4v) is 3.41. The number of benzene rings is 2. The summed E-state index contributed by atoms with van der Waals surface area (Å²) in [6.45, 7) is 8.84. The van der Waals surface area contributed by atoms with Crippen molar-refractivity contribution in [1.29, 1.82) is 0 Å². The molecule has 0 bridgehead atoms. The molecule has 0 amide bonds. The van der Waals surface area contributed by atoms with Gasteiger partial charge in [0, 0.05) is 5.02 Å². The molecule has 0 saturated carbocycles. The number of alkyl halides is 1. The van der Waals surface area contributed by atoms with Crippen LogP contribution in [-0.2, 0) is 5.41 Å². The van der Waals surface area contributed by atoms with Crippen LogP contribution in [0.15, 0.2) is 42.5 Å². The Hall–Kier alpha value is -0.790. The molecule has 2 rings (SSSR count). The summed E-state index contributed by atoms with van der Waals surface area (Å²) in [7, 11) is 0. The van der Waals surface area contributed by atoms with E-state index in [1.54, 1.807) is 0 Å². The lowest BCUT2D eigenvalue weighted by Crippen LogP contribution is -2.15. The zero-order valence-electron chi connectivity index (χ0n) is 13.1. The van der Waals surface area contributed by atoms with E-state index in [1.165, 1.54) is 11.1 Å². The van der Waals surface area contributed by atoms with Gasteiger partial charge in [0.1, 0.15) is 0 Å². The van der Waals surface area contributed by atoms with E-state index in [-0.39, 0.29) is 10.2 Å². The van der Waals surface area contributed by atoms with Crippen LogP contribution in [-0.4, -0.2) is 0 Å². The van der Waals surface area contributed by atoms with Crippen LogP contribution in [0.2, 0.25) is 5.02 Å². The number of hydrogen-bond acceptors (Lipinski definition) is 0. The lowest BCUT2D eigenvalue weighted by Gasteiger charge is -2.24. The van der Waals surface area contributed by atoms with Crippen LogP contribution < -0.4 is 0 Å². The van der Waals surface area contributed by atoms with Crippen molar-refractivity contribution in [3.63, 3.8) is 0 Å². The van der Waals surface area contributed by atoms with Gasteiger partial charge < -0.3 is 0 Å². The molecule has 0 spiro atoms. The van der Waals surface area contributed by atoms with Crippen LogP contribution in [0, 0.1) is 6.92 Å². The third-order valence-corrected chi connectivity index (χ3v) is 5.90. The van der Waals surface area contributed by atoms with Crippen molar-refractivity contribution >= 4 is 27.5 Å². The van der Waals surface area contributed by atoms with E-state index in [1.807, 2.05) is 13.0 Å². The van der Waals surface area contributed by atoms with Gasteiger partial charge in [-0.25, -0.2) is 0 Å². The van der Waals surface area contributed by atoms with E-state index < -0.39 is 0 Å². The fraction of sp³-hybridized carbons (Fsp3) is 0.368. The monoisotopic (exact) mass is 364 g/mol. The van der Waals surface area contributed by atoms with Crippen molar-refractivity contribution < 1.29 is 0 Å². The SMILES string of the molecule is CCC(C)(C)c1ccc(C(Br)c2cccc(C)c2Cl)cc1. The van der Waals surface area contributed by atoms with Gasteiger partial charge in [0.15, 0.2) is 0 Å². The first-order chi connectivity index (χ1) is 9.86. The molecule has 0 fully saturated rings. The van der Waals surface area contributed by atoms with E-state index in [2.05, 4.69) is 73.1 Å². The minimum absolute atomic E-state index is 0.128. The van der Waals surface area contributed by atoms with E-state index in [0.29, 0.717) is 0 Å². The van der Waals surface area contributed by atoms with E-state index in [9.17, 15) is 0 Å². The van der Waals surface area contributed by atoms with Crippen molar-refractivity contribution in [2.45, 2.75) is 44.4 Å². The molecule has 1 atom stereocenters. The quantitative estimate of drug-likeness (QED) is 0.521. The highest BCUT2D eigenvalue weighted by Gasteiger charge is 2.19. The first-order valence-corrected chi connectivity index (χ1v) is 8.65. The molecule has 0 nitrogen and oxygen atoms in total. The largest absolute Gasteiger partial charge is 0.0837 e. The molecule has 2 aromatic carbocycles. The summed E-state index contributed by atoms with van der Waals surface area (Å²) in [5.74, 6) is 0. The van der Waals surface area contributed by atoms with Gasteiger partial charge in [0.25, 0.3) is 0 Å². The van der Waals surface area contributed by atoms with Gasteiger partial charge >= 0.3 is 0 Å². The lowest BCUT2D eigenvalue weighted by atomic mass is 9.82. The summed E-state index contributed by atoms with van der Waals surface area (Å²) in [6.07, 6.45) is 1.13. The van der Waals surface area contributed by atoms with Gasteiger partial charge in [-0.3, -0.25) is 0 Å². The molecule has 0 aliphatic carbocycles. The first kappa shape index (κ1) is 16.6. The van der Waals surface area contributed by atoms with Crippen LogP contribution in [0.4, 0.5) is 0 Å². The average molecular weight is 366 g/mol. The van der Waals surface area contributed by atoms with Crippen LogP contribution in [0.25, 0.3) is 0 Å². The highest BCUT2D eigenvalue weighted by molar-refractivity contribution is 9.09. The second kappa shape index (κ2) is 6.54. The average Bonchev–Trinajstić information content (AvgIpc) is 2.49. The maximum Gasteiger partial charge on any atom is 0.0659 e. The summed E-state index contributed by atoms with van der Waals surface area (Å²) in [4.78, 5) is 0.128. The summed E-state index contributed by atoms with van der Waals surface area (Å²) < 4.78 is 0. The normalized spacial score (nSPS) is 13.2. The first-order valence-electron chi connectivity index (χ1n) is 7.36. The zero-order chi connectivity index (χ0) is 15.6. The minimum Gasteiger partial charge on any atom is -0.0837 e. The smallest absolute Gasteiger partial charge is 0.0659 e. The van der Waals surface area contributed by atoms with Gasteiger partial charge in [0.2, 0.25) is 0 Å². The maximum atomic E-state index is 6.43. The molecule has 0 heterocycles. The number of halogens is 2. The molecular formula is C19H22BrCl. The molecule has 1 unspecified atom stereocenters. The standard InChI is InChI=1S/C19H22BrCl/c1-5-19(3,4)15-11-9-14(10-12-15)17(20)16-8-6-7-13(2)18(16)21/h6-12,17H,5H2,1-4H3. The van der Waals surface area contributed by atoms with E-state index in [4.69, 9.17) is 11.6 Å². The maximum absolute atomic E-state index is 6.43. The van der Waals surface area contributed by atoms with Crippen LogP contribution >= 0.6 is 27.5 Å². The Morgan fingerprint density at radius 2 is 1.71 bits per heavy atom. The topological polar surface area (TPSA) is 0 Å². The zero-order valence-corrected chi connectivity index (χ0v) is 15.4. The number of rotatable bonds is 4. The highest BCUT2D eigenvalue weighted by Crippen LogP contribution is 2.37. The van der Waals surface area contributed by atoms with Crippen molar-refractivity contribution in [3.8, 4) is 0 Å². The number of hydrogen-bond donors (Lipinski definition) is 0. The Kier molecular flexibility index (Phi) is 5.16. The molecule has 112 valence electrons. The summed E-state index contributed by atoms with van der Waals surface area (Å²) in [6, 6.07) is 15.0. The Bertz CT molecular complexity index is 614. The molecule has 0 saturated heterocycles. The molecule has 0 aliphatic rings. The highest BCUT2D eigenvalue weighted by atomic mass is 79.9. The summed E-state index contributed by atoms with van der Waals surface area (Å²) in [5, 5.41) is 0.845. The fourth-order valence-electron chi connectivity index (χ4n) is 2.35. The molecule has 0 aromatic heterocycles. The van der Waals surface area contributed by atoms with Gasteiger partial charge in [-0.2, -0.15) is 0 Å². The summed E-state index contributed by atoms with van der Waals surface area (Å²) >= 11 is 10.2. The van der Waals surface area contributed by atoms with Crippen LogP contribution in [0.3, 0.4) is 0 Å². The van der Waals surface area contributed by atoms with Gasteiger partial charge in [0.05, 0.1) is 4.83 Å². The molecule has 0 N–H and O–H groups in total. The van der Waals surface area contributed by atoms with Crippen molar-refractivity contribution in [1.82, 2.24) is 0 Å². The molecule has 0 radical (unpaired) electrons. The lowest BCUT2D eigenvalue weighted by molar-refractivity contribution is 0.506. The van der Waals surface area contributed by atoms with Crippen molar-refractivity contribution in [2.75, 3.05) is 0 Å². The number of aryl methyl sites for hydroxylation is 1. The molecule has 21 heavy (non-hydrogen) atoms. The molecule has 2 aromatic rings. The Morgan fingerprint density at radius 3 is 2.29 bits per heavy atom. The van der Waals surface area contributed by atoms with Crippen molar-refractivity contribution in [3.05, 3.63) is 69.7 Å². The van der Waals surface area contributed by atoms with Gasteiger partial charge in [-0.05, 0) is 41.0 Å². The third kappa shape index (κ3) is 3.52. The summed E-state index contributed by atoms with van der Waals surface area (Å²) in [5.41, 5.74) is 5.07. The molecule has 0 aliphatic heterocycles. The van der Waals surface area contributed by atoms with E-state index in [0.717, 1.165) is 22.6 Å². The Labute approximate surface area is 141 Å². The Balaban J connectivity index is 2.32. The second-order valence-electron chi connectivity index (χ2n) is 6.20. The second-order valence-corrected chi connectivity index (χ2v) is 7.49. The molecular weight excluding hydrogens is 344 g/mol.